The first-order valence-electron chi connectivity index (χ1n) is 7.15. The molecule has 6 nitrogen and oxygen atoms in total. The minimum atomic E-state index is -0.0941. The maximum Gasteiger partial charge on any atom is 0.203 e. The summed E-state index contributed by atoms with van der Waals surface area (Å²) < 4.78 is 1.91. The molecule has 0 bridgehead atoms. The lowest BCUT2D eigenvalue weighted by molar-refractivity contribution is 0.101. The molecule has 2 aromatic rings. The third-order valence-electron chi connectivity index (χ3n) is 4.01. The van der Waals surface area contributed by atoms with Gasteiger partial charge in [-0.25, -0.2) is 9.97 Å². The molecule has 0 amide bonds. The van der Waals surface area contributed by atoms with Crippen molar-refractivity contribution in [1.29, 1.82) is 0 Å². The number of nitrogen functional groups attached to an aromatic ring is 1. The molecule has 0 aliphatic heterocycles. The van der Waals surface area contributed by atoms with Crippen LogP contribution in [0.15, 0.2) is 6.20 Å². The number of imidazole rings is 1. The van der Waals surface area contributed by atoms with Crippen LogP contribution < -0.4 is 5.73 Å². The fourth-order valence-corrected chi connectivity index (χ4v) is 2.89. The van der Waals surface area contributed by atoms with Gasteiger partial charge in [-0.1, -0.05) is 19.3 Å². The van der Waals surface area contributed by atoms with Gasteiger partial charge in [-0.2, -0.15) is 4.98 Å². The number of nitrogens with two attached hydrogens (primary N) is 1. The van der Waals surface area contributed by atoms with Crippen LogP contribution in [0.5, 0.6) is 0 Å². The second-order valence-electron chi connectivity index (χ2n) is 5.54. The molecule has 1 fully saturated rings. The molecule has 2 N–H and O–H groups in total. The summed E-state index contributed by atoms with van der Waals surface area (Å²) in [6.07, 6.45) is 7.79. The van der Waals surface area contributed by atoms with Gasteiger partial charge in [0.2, 0.25) is 5.95 Å². The Balaban J connectivity index is 1.97. The molecule has 0 atom stereocenters. The molecule has 2 aromatic heterocycles. The zero-order valence-corrected chi connectivity index (χ0v) is 11.7. The van der Waals surface area contributed by atoms with Crippen molar-refractivity contribution >= 4 is 23.0 Å². The zero-order valence-electron chi connectivity index (χ0n) is 11.7. The first-order valence-corrected chi connectivity index (χ1v) is 7.15. The maximum atomic E-state index is 11.4. The van der Waals surface area contributed by atoms with Crippen molar-refractivity contribution in [3.8, 4) is 0 Å². The molecular formula is C14H19N5O. The number of carbonyl (C=O) groups excluding carboxylic acids is 1. The fraction of sp³-hybridized carbons (Fsp3) is 0.571. The van der Waals surface area contributed by atoms with Gasteiger partial charge >= 0.3 is 0 Å². The SMILES string of the molecule is CC(=O)c1cnc2nc(N)n(CC3CCCCC3)c2n1. The van der Waals surface area contributed by atoms with Gasteiger partial charge in [0.1, 0.15) is 5.69 Å². The number of anilines is 1. The standard InChI is InChI=1S/C14H19N5O/c1-9(20)11-7-16-12-13(17-11)19(14(15)18-12)8-10-5-3-2-4-6-10/h7,10H,2-6,8H2,1H3,(H2,15,16,18). The number of ketones is 1. The minimum Gasteiger partial charge on any atom is -0.369 e. The van der Waals surface area contributed by atoms with E-state index in [0.717, 1.165) is 6.54 Å². The molecule has 3 rings (SSSR count). The number of Topliss-reactive ketones (excluding diaryl/α,β-unsaturated/α-hetero) is 1. The van der Waals surface area contributed by atoms with E-state index in [-0.39, 0.29) is 5.78 Å². The van der Waals surface area contributed by atoms with Gasteiger partial charge in [-0.15, -0.1) is 0 Å². The van der Waals surface area contributed by atoms with Gasteiger partial charge in [0.15, 0.2) is 17.1 Å². The second-order valence-corrected chi connectivity index (χ2v) is 5.54. The second kappa shape index (κ2) is 5.19. The summed E-state index contributed by atoms with van der Waals surface area (Å²) in [7, 11) is 0. The molecule has 1 aliphatic rings. The van der Waals surface area contributed by atoms with Gasteiger partial charge in [0, 0.05) is 13.5 Å². The molecule has 0 saturated heterocycles. The van der Waals surface area contributed by atoms with Gasteiger partial charge in [0.25, 0.3) is 0 Å². The summed E-state index contributed by atoms with van der Waals surface area (Å²) in [5, 5.41) is 0. The highest BCUT2D eigenvalue weighted by Crippen LogP contribution is 2.27. The van der Waals surface area contributed by atoms with Crippen LogP contribution in [0.4, 0.5) is 5.95 Å². The summed E-state index contributed by atoms with van der Waals surface area (Å²) in [4.78, 5) is 24.2. The third kappa shape index (κ3) is 2.37. The van der Waals surface area contributed by atoms with Crippen molar-refractivity contribution in [3.05, 3.63) is 11.9 Å². The monoisotopic (exact) mass is 273 g/mol. The lowest BCUT2D eigenvalue weighted by atomic mass is 9.89. The Kier molecular flexibility index (Phi) is 3.38. The van der Waals surface area contributed by atoms with Crippen LogP contribution in [-0.2, 0) is 6.54 Å². The molecule has 0 aromatic carbocycles. The molecule has 0 radical (unpaired) electrons. The maximum absolute atomic E-state index is 11.4. The Hall–Kier alpha value is -1.98. The topological polar surface area (TPSA) is 86.7 Å². The minimum absolute atomic E-state index is 0.0941. The van der Waals surface area contributed by atoms with E-state index >= 15 is 0 Å². The zero-order chi connectivity index (χ0) is 14.1. The fourth-order valence-electron chi connectivity index (χ4n) is 2.89. The molecule has 20 heavy (non-hydrogen) atoms. The molecule has 6 heteroatoms. The van der Waals surface area contributed by atoms with Gasteiger partial charge in [-0.05, 0) is 18.8 Å². The Morgan fingerprint density at radius 3 is 2.80 bits per heavy atom. The molecular weight excluding hydrogens is 254 g/mol. The Labute approximate surface area is 117 Å². The normalized spacial score (nSPS) is 16.6. The summed E-state index contributed by atoms with van der Waals surface area (Å²) >= 11 is 0. The van der Waals surface area contributed by atoms with Crippen molar-refractivity contribution in [2.45, 2.75) is 45.6 Å². The Morgan fingerprint density at radius 2 is 2.10 bits per heavy atom. The van der Waals surface area contributed by atoms with Gasteiger partial charge in [0.05, 0.1) is 6.20 Å². The van der Waals surface area contributed by atoms with E-state index < -0.39 is 0 Å². The number of fused-ring (bicyclic) bond motifs is 1. The van der Waals surface area contributed by atoms with Gasteiger partial charge in [-0.3, -0.25) is 9.36 Å². The van der Waals surface area contributed by atoms with Crippen LogP contribution in [0, 0.1) is 5.92 Å². The van der Waals surface area contributed by atoms with Crippen LogP contribution in [0.2, 0.25) is 0 Å². The Bertz CT molecular complexity index is 642. The summed E-state index contributed by atoms with van der Waals surface area (Å²) in [5.41, 5.74) is 7.49. The number of nitrogens with zero attached hydrogens (tertiary/aromatic N) is 4. The van der Waals surface area contributed by atoms with Crippen molar-refractivity contribution < 1.29 is 4.79 Å². The van der Waals surface area contributed by atoms with Crippen molar-refractivity contribution in [2.75, 3.05) is 5.73 Å². The first-order chi connectivity index (χ1) is 9.65. The van der Waals surface area contributed by atoms with E-state index in [9.17, 15) is 4.79 Å². The smallest absolute Gasteiger partial charge is 0.203 e. The van der Waals surface area contributed by atoms with E-state index in [1.54, 1.807) is 0 Å². The predicted molar refractivity (Wildman–Crippen MR) is 76.3 cm³/mol. The quantitative estimate of drug-likeness (QED) is 0.866. The van der Waals surface area contributed by atoms with E-state index in [4.69, 9.17) is 5.73 Å². The average Bonchev–Trinajstić information content (AvgIpc) is 2.75. The summed E-state index contributed by atoms with van der Waals surface area (Å²) in [5.74, 6) is 0.959. The molecule has 1 saturated carbocycles. The number of rotatable bonds is 3. The number of hydrogen-bond donors (Lipinski definition) is 1. The molecule has 1 aliphatic carbocycles. The van der Waals surface area contributed by atoms with Crippen molar-refractivity contribution in [2.24, 2.45) is 5.92 Å². The largest absolute Gasteiger partial charge is 0.369 e. The van der Waals surface area contributed by atoms with E-state index in [0.29, 0.717) is 28.9 Å². The molecule has 106 valence electrons. The van der Waals surface area contributed by atoms with Crippen LogP contribution in [0.1, 0.15) is 49.5 Å². The number of hydrogen-bond acceptors (Lipinski definition) is 5. The van der Waals surface area contributed by atoms with Crippen LogP contribution in [0.3, 0.4) is 0 Å². The van der Waals surface area contributed by atoms with E-state index in [1.165, 1.54) is 45.2 Å². The lowest BCUT2D eigenvalue weighted by Gasteiger charge is -2.22. The number of carbonyl (C=O) groups is 1. The summed E-state index contributed by atoms with van der Waals surface area (Å²) in [6.45, 7) is 2.30. The molecule has 0 unspecified atom stereocenters. The van der Waals surface area contributed by atoms with Crippen LogP contribution in [0.25, 0.3) is 11.3 Å². The highest BCUT2D eigenvalue weighted by molar-refractivity contribution is 5.93. The Morgan fingerprint density at radius 1 is 1.35 bits per heavy atom. The van der Waals surface area contributed by atoms with Crippen molar-refractivity contribution in [3.63, 3.8) is 0 Å². The van der Waals surface area contributed by atoms with E-state index in [2.05, 4.69) is 15.0 Å². The molecule has 2 heterocycles. The average molecular weight is 273 g/mol. The predicted octanol–water partition coefficient (Wildman–Crippen LogP) is 2.19. The molecule has 0 spiro atoms. The van der Waals surface area contributed by atoms with Crippen LogP contribution in [-0.4, -0.2) is 25.3 Å². The third-order valence-corrected chi connectivity index (χ3v) is 4.01. The van der Waals surface area contributed by atoms with E-state index in [1.807, 2.05) is 4.57 Å². The van der Waals surface area contributed by atoms with Crippen LogP contribution >= 0.6 is 0 Å². The first kappa shape index (κ1) is 13.0. The highest BCUT2D eigenvalue weighted by Gasteiger charge is 2.19. The van der Waals surface area contributed by atoms with Crippen molar-refractivity contribution in [1.82, 2.24) is 19.5 Å². The number of aromatic nitrogens is 4. The van der Waals surface area contributed by atoms with Gasteiger partial charge < -0.3 is 5.73 Å². The summed E-state index contributed by atoms with van der Waals surface area (Å²) in [6, 6.07) is 0. The highest BCUT2D eigenvalue weighted by atomic mass is 16.1. The lowest BCUT2D eigenvalue weighted by Crippen LogP contribution is -2.16.